The summed E-state index contributed by atoms with van der Waals surface area (Å²) in [4.78, 5) is 19.2. The molecule has 0 unspecified atom stereocenters. The van der Waals surface area contributed by atoms with Crippen molar-refractivity contribution in [3.05, 3.63) is 46.1 Å². The fourth-order valence-corrected chi connectivity index (χ4v) is 4.78. The number of nitrogens with one attached hydrogen (secondary N) is 1. The van der Waals surface area contributed by atoms with Crippen LogP contribution >= 0.6 is 0 Å². The number of nitro benzene ring substituents is 1. The van der Waals surface area contributed by atoms with E-state index >= 15 is 0 Å². The largest absolute Gasteiger partial charge is 0.489 e. The highest BCUT2D eigenvalue weighted by molar-refractivity contribution is 6.89. The van der Waals surface area contributed by atoms with Gasteiger partial charge in [0.2, 0.25) is 0 Å². The van der Waals surface area contributed by atoms with Crippen LogP contribution in [0.3, 0.4) is 0 Å². The average molecular weight is 398 g/mol. The Balaban J connectivity index is 2.27. The first kappa shape index (κ1) is 20.1. The van der Waals surface area contributed by atoms with Gasteiger partial charge in [0.05, 0.1) is 25.3 Å². The monoisotopic (exact) mass is 397 g/mol. The molecule has 0 bridgehead atoms. The lowest BCUT2D eigenvalue weighted by Gasteiger charge is -2.17. The minimum atomic E-state index is -1.76. The molecular weight excluding hydrogens is 370 g/mol. The van der Waals surface area contributed by atoms with Crippen LogP contribution in [0.4, 0.5) is 5.69 Å². The van der Waals surface area contributed by atoms with E-state index in [4.69, 9.17) is 4.74 Å². The van der Waals surface area contributed by atoms with Gasteiger partial charge in [-0.15, -0.1) is 0 Å². The molecule has 3 rings (SSSR count). The third-order valence-corrected chi connectivity index (χ3v) is 6.86. The van der Waals surface area contributed by atoms with E-state index < -0.39 is 8.07 Å². The fraction of sp³-hybridized carbons (Fsp3) is 0.381. The zero-order chi connectivity index (χ0) is 20.6. The normalized spacial score (nSPS) is 12.9. The van der Waals surface area contributed by atoms with Gasteiger partial charge in [-0.1, -0.05) is 38.7 Å². The molecule has 0 amide bonds. The van der Waals surface area contributed by atoms with E-state index in [1.165, 1.54) is 0 Å². The molecule has 7 heteroatoms. The molecule has 2 aromatic heterocycles. The lowest BCUT2D eigenvalue weighted by molar-refractivity contribution is -0.385. The van der Waals surface area contributed by atoms with E-state index in [1.807, 2.05) is 25.1 Å². The second-order valence-corrected chi connectivity index (χ2v) is 13.3. The summed E-state index contributed by atoms with van der Waals surface area (Å²) < 4.78 is 5.97. The number of aryl methyl sites for hydroxylation is 1. The lowest BCUT2D eigenvalue weighted by atomic mass is 10.0. The molecule has 0 spiro atoms. The van der Waals surface area contributed by atoms with Crippen LogP contribution in [-0.2, 0) is 0 Å². The number of nitrogens with zero attached hydrogens (tertiary/aromatic N) is 2. The molecule has 0 radical (unpaired) electrons. The molecule has 2 heterocycles. The quantitative estimate of drug-likeness (QED) is 0.353. The molecule has 0 fully saturated rings. The maximum absolute atomic E-state index is 11.5. The first-order chi connectivity index (χ1) is 13.1. The Morgan fingerprint density at radius 2 is 2.00 bits per heavy atom. The van der Waals surface area contributed by atoms with Gasteiger partial charge in [-0.3, -0.25) is 10.1 Å². The Morgan fingerprint density at radius 1 is 1.29 bits per heavy atom. The molecule has 1 N–H and O–H groups in total. The van der Waals surface area contributed by atoms with Gasteiger partial charge >= 0.3 is 0 Å². The summed E-state index contributed by atoms with van der Waals surface area (Å²) in [6.07, 6.45) is 2.74. The first-order valence-electron chi connectivity index (χ1n) is 9.56. The molecule has 0 saturated carbocycles. The van der Waals surface area contributed by atoms with E-state index in [1.54, 1.807) is 19.2 Å². The van der Waals surface area contributed by atoms with Gasteiger partial charge in [-0.05, 0) is 31.9 Å². The Labute approximate surface area is 166 Å². The second-order valence-electron chi connectivity index (χ2n) is 8.29. The van der Waals surface area contributed by atoms with Gasteiger partial charge in [-0.2, -0.15) is 0 Å². The summed E-state index contributed by atoms with van der Waals surface area (Å²) in [5.41, 5.74) is 3.41. The highest BCUT2D eigenvalue weighted by Crippen LogP contribution is 2.33. The van der Waals surface area contributed by atoms with Crippen LogP contribution in [0.2, 0.25) is 19.6 Å². The van der Waals surface area contributed by atoms with E-state index in [-0.39, 0.29) is 16.7 Å². The summed E-state index contributed by atoms with van der Waals surface area (Å²) in [5.74, 6) is 0.714. The van der Waals surface area contributed by atoms with Crippen molar-refractivity contribution in [2.75, 3.05) is 0 Å². The molecule has 3 aromatic rings. The number of benzene rings is 1. The lowest BCUT2D eigenvalue weighted by Crippen LogP contribution is -2.39. The SMILES string of the molecule is CC[C@H](C)Oc1cnc2[nH]c([Si](C)(C)C)c(-c3ccc(C)c([N+](=O)[O-])c3)c2c1. The zero-order valence-electron chi connectivity index (χ0n) is 17.3. The van der Waals surface area contributed by atoms with E-state index in [2.05, 4.69) is 36.5 Å². The van der Waals surface area contributed by atoms with Gasteiger partial charge in [0.15, 0.2) is 0 Å². The number of pyridine rings is 1. The number of ether oxygens (including phenoxy) is 1. The standard InChI is InChI=1S/C21H27N3O3Si/c1-7-14(3)27-16-11-17-19(15-9-8-13(2)18(10-15)24(25)26)21(28(4,5)6)23-20(17)22-12-16/h8-12,14H,7H2,1-6H3,(H,22,23)/t14-/m0/s1. The predicted molar refractivity (Wildman–Crippen MR) is 116 cm³/mol. The number of aromatic nitrogens is 2. The summed E-state index contributed by atoms with van der Waals surface area (Å²) in [7, 11) is -1.76. The van der Waals surface area contributed by atoms with Gasteiger partial charge in [-0.25, -0.2) is 4.98 Å². The van der Waals surface area contributed by atoms with Crippen molar-refractivity contribution in [2.24, 2.45) is 0 Å². The highest BCUT2D eigenvalue weighted by Gasteiger charge is 2.27. The highest BCUT2D eigenvalue weighted by atomic mass is 28.3. The number of aromatic amines is 1. The van der Waals surface area contributed by atoms with Crippen LogP contribution in [0.15, 0.2) is 30.5 Å². The van der Waals surface area contributed by atoms with Crippen molar-refractivity contribution in [2.45, 2.75) is 52.9 Å². The van der Waals surface area contributed by atoms with Crippen LogP contribution in [0.5, 0.6) is 5.75 Å². The third-order valence-electron chi connectivity index (χ3n) is 4.98. The summed E-state index contributed by atoms with van der Waals surface area (Å²) in [6.45, 7) is 12.6. The fourth-order valence-electron chi connectivity index (χ4n) is 3.26. The van der Waals surface area contributed by atoms with Gasteiger partial charge < -0.3 is 9.72 Å². The molecule has 0 aliphatic rings. The zero-order valence-corrected chi connectivity index (χ0v) is 18.3. The summed E-state index contributed by atoms with van der Waals surface area (Å²) >= 11 is 0. The van der Waals surface area contributed by atoms with Gasteiger partial charge in [0.1, 0.15) is 11.4 Å². The number of nitro groups is 1. The molecule has 0 aliphatic carbocycles. The third kappa shape index (κ3) is 3.80. The van der Waals surface area contributed by atoms with Crippen molar-refractivity contribution in [3.8, 4) is 16.9 Å². The van der Waals surface area contributed by atoms with Crippen molar-refractivity contribution in [3.63, 3.8) is 0 Å². The number of H-pyrrole nitrogens is 1. The summed E-state index contributed by atoms with van der Waals surface area (Å²) in [6, 6.07) is 7.43. The molecule has 28 heavy (non-hydrogen) atoms. The van der Waals surface area contributed by atoms with E-state index in [0.29, 0.717) is 11.3 Å². The van der Waals surface area contributed by atoms with Crippen molar-refractivity contribution in [1.29, 1.82) is 0 Å². The molecule has 148 valence electrons. The van der Waals surface area contributed by atoms with Crippen molar-refractivity contribution in [1.82, 2.24) is 9.97 Å². The Hall–Kier alpha value is -2.67. The van der Waals surface area contributed by atoms with Crippen LogP contribution in [-0.4, -0.2) is 29.1 Å². The van der Waals surface area contributed by atoms with E-state index in [9.17, 15) is 10.1 Å². The predicted octanol–water partition coefficient (Wildman–Crippen LogP) is 5.17. The van der Waals surface area contributed by atoms with Crippen LogP contribution in [0, 0.1) is 17.0 Å². The Bertz CT molecular complexity index is 1040. The minimum absolute atomic E-state index is 0.0959. The molecule has 0 aliphatic heterocycles. The number of hydrogen-bond acceptors (Lipinski definition) is 4. The molecule has 1 aromatic carbocycles. The van der Waals surface area contributed by atoms with E-state index in [0.717, 1.165) is 33.9 Å². The molecule has 0 saturated heterocycles. The topological polar surface area (TPSA) is 81.0 Å². The van der Waals surface area contributed by atoms with Gasteiger partial charge in [0.25, 0.3) is 5.69 Å². The van der Waals surface area contributed by atoms with Crippen molar-refractivity contribution < 1.29 is 9.66 Å². The van der Waals surface area contributed by atoms with Gasteiger partial charge in [0, 0.05) is 27.9 Å². The van der Waals surface area contributed by atoms with Crippen LogP contribution in [0.25, 0.3) is 22.2 Å². The maximum atomic E-state index is 11.5. The maximum Gasteiger partial charge on any atom is 0.272 e. The molecule has 6 nitrogen and oxygen atoms in total. The minimum Gasteiger partial charge on any atom is -0.489 e. The average Bonchev–Trinajstić information content (AvgIpc) is 3.01. The summed E-state index contributed by atoms with van der Waals surface area (Å²) in [5, 5.41) is 13.5. The first-order valence-corrected chi connectivity index (χ1v) is 13.1. The van der Waals surface area contributed by atoms with Crippen LogP contribution < -0.4 is 10.1 Å². The number of fused-ring (bicyclic) bond motifs is 1. The Morgan fingerprint density at radius 3 is 2.61 bits per heavy atom. The number of hydrogen-bond donors (Lipinski definition) is 1. The molecular formula is C21H27N3O3Si. The smallest absolute Gasteiger partial charge is 0.272 e. The van der Waals surface area contributed by atoms with Crippen LogP contribution in [0.1, 0.15) is 25.8 Å². The number of rotatable bonds is 6. The molecule has 1 atom stereocenters. The van der Waals surface area contributed by atoms with Crippen molar-refractivity contribution >= 4 is 30.1 Å². The second kappa shape index (κ2) is 7.39. The Kier molecular flexibility index (Phi) is 5.30.